The van der Waals surface area contributed by atoms with Gasteiger partial charge in [0.25, 0.3) is 0 Å². The fourth-order valence-electron chi connectivity index (χ4n) is 3.44. The Hall–Kier alpha value is -1.52. The van der Waals surface area contributed by atoms with E-state index >= 15 is 0 Å². The van der Waals surface area contributed by atoms with Crippen molar-refractivity contribution in [1.82, 2.24) is 0 Å². The van der Waals surface area contributed by atoms with Crippen molar-refractivity contribution in [3.05, 3.63) is 60.7 Å². The van der Waals surface area contributed by atoms with Crippen molar-refractivity contribution >= 4 is 31.0 Å². The number of hydrogen-bond donors (Lipinski definition) is 0. The molecule has 2 atom stereocenters. The third-order valence-electron chi connectivity index (χ3n) is 4.98. The first-order chi connectivity index (χ1) is 12.4. The molecule has 0 aliphatic rings. The van der Waals surface area contributed by atoms with Gasteiger partial charge in [-0.1, -0.05) is 80.7 Å². The van der Waals surface area contributed by atoms with Crippen LogP contribution in [0.4, 0.5) is 0 Å². The Morgan fingerprint density at radius 1 is 1.00 bits per heavy atom. The number of thioether (sulfide) groups is 1. The van der Waals surface area contributed by atoms with Crippen LogP contribution in [0.2, 0.25) is 18.6 Å². The Labute approximate surface area is 163 Å². The number of carbonyl (C=O) groups excluding carboxylic acids is 1. The molecule has 0 radical (unpaired) electrons. The summed E-state index contributed by atoms with van der Waals surface area (Å²) in [5.74, 6) is 0.417. The lowest BCUT2D eigenvalue weighted by Gasteiger charge is -2.38. The van der Waals surface area contributed by atoms with E-state index in [9.17, 15) is 4.79 Å². The van der Waals surface area contributed by atoms with Crippen molar-refractivity contribution < 1.29 is 9.53 Å². The fraction of sp³-hybridized carbons (Fsp3) is 0.409. The molecule has 0 aliphatic heterocycles. The van der Waals surface area contributed by atoms with Gasteiger partial charge in [-0.25, -0.2) is 0 Å². The van der Waals surface area contributed by atoms with Crippen LogP contribution in [0.5, 0.6) is 0 Å². The first kappa shape index (κ1) is 20.8. The molecule has 0 saturated heterocycles. The number of rotatable bonds is 8. The summed E-state index contributed by atoms with van der Waals surface area (Å²) in [6.45, 7) is 9.25. The summed E-state index contributed by atoms with van der Waals surface area (Å²) >= 11 is 1.65. The van der Waals surface area contributed by atoms with Crippen molar-refractivity contribution in [1.29, 1.82) is 0 Å². The first-order valence-electron chi connectivity index (χ1n) is 9.21. The lowest BCUT2D eigenvalue weighted by molar-refractivity contribution is -0.140. The average molecular weight is 387 g/mol. The van der Waals surface area contributed by atoms with Crippen molar-refractivity contribution in [2.45, 2.75) is 49.0 Å². The molecule has 0 heterocycles. The molecule has 26 heavy (non-hydrogen) atoms. The van der Waals surface area contributed by atoms with Crippen LogP contribution in [0.15, 0.2) is 65.6 Å². The van der Waals surface area contributed by atoms with Gasteiger partial charge in [0, 0.05) is 4.90 Å². The van der Waals surface area contributed by atoms with E-state index in [1.807, 2.05) is 18.2 Å². The number of esters is 1. The molecular formula is C22H30O2SSi. The summed E-state index contributed by atoms with van der Waals surface area (Å²) in [5, 5.41) is 1.21. The number of ether oxygens (including phenoxy) is 1. The zero-order valence-corrected chi connectivity index (χ0v) is 18.3. The van der Waals surface area contributed by atoms with E-state index in [1.165, 1.54) is 12.3 Å². The summed E-state index contributed by atoms with van der Waals surface area (Å²) in [6, 6.07) is 20.9. The predicted molar refractivity (Wildman–Crippen MR) is 115 cm³/mol. The maximum absolute atomic E-state index is 12.8. The van der Waals surface area contributed by atoms with Crippen LogP contribution in [-0.4, -0.2) is 26.4 Å². The highest BCUT2D eigenvalue weighted by Crippen LogP contribution is 2.41. The van der Waals surface area contributed by atoms with Crippen LogP contribution in [0, 0.1) is 5.92 Å². The lowest BCUT2D eigenvalue weighted by Crippen LogP contribution is -2.51. The molecule has 2 rings (SSSR count). The lowest BCUT2D eigenvalue weighted by atomic mass is 10.1. The van der Waals surface area contributed by atoms with Crippen LogP contribution in [0.1, 0.15) is 20.3 Å². The Kier molecular flexibility index (Phi) is 7.53. The third-order valence-corrected chi connectivity index (χ3v) is 10.8. The van der Waals surface area contributed by atoms with Gasteiger partial charge >= 0.3 is 5.97 Å². The normalized spacial score (nSPS) is 14.1. The van der Waals surface area contributed by atoms with Crippen LogP contribution in [-0.2, 0) is 9.53 Å². The summed E-state index contributed by atoms with van der Waals surface area (Å²) in [7, 11) is -0.385. The van der Waals surface area contributed by atoms with E-state index in [2.05, 4.69) is 69.4 Å². The Balaban J connectivity index is 2.43. The van der Waals surface area contributed by atoms with Crippen molar-refractivity contribution in [2.75, 3.05) is 7.11 Å². The molecule has 0 saturated carbocycles. The monoisotopic (exact) mass is 386 g/mol. The van der Waals surface area contributed by atoms with Gasteiger partial charge in [0.05, 0.1) is 15.2 Å². The van der Waals surface area contributed by atoms with Crippen molar-refractivity contribution in [3.63, 3.8) is 0 Å². The average Bonchev–Trinajstić information content (AvgIpc) is 2.65. The van der Waals surface area contributed by atoms with Gasteiger partial charge in [0.1, 0.15) is 5.25 Å². The minimum absolute atomic E-state index is 0.110. The standard InChI is InChI=1S/C22H30O2SSi/c1-17(2)16-20(26(4,5)19-14-10-7-11-15-19)21(22(23)24-3)25-18-12-8-6-9-13-18/h6-15,17,20-21H,16H2,1-5H3/t20-,21-/m1/s1. The molecule has 0 spiro atoms. The molecule has 2 aromatic rings. The third kappa shape index (κ3) is 5.24. The van der Waals surface area contributed by atoms with Gasteiger partial charge < -0.3 is 4.74 Å². The molecular weight excluding hydrogens is 356 g/mol. The Morgan fingerprint density at radius 2 is 1.54 bits per heavy atom. The van der Waals surface area contributed by atoms with E-state index in [0.29, 0.717) is 11.5 Å². The van der Waals surface area contributed by atoms with E-state index in [-0.39, 0.29) is 11.2 Å². The highest BCUT2D eigenvalue weighted by molar-refractivity contribution is 8.00. The first-order valence-corrected chi connectivity index (χ1v) is 13.2. The molecule has 0 fully saturated rings. The molecule has 0 unspecified atom stereocenters. The maximum Gasteiger partial charge on any atom is 0.319 e. The summed E-state index contributed by atoms with van der Waals surface area (Å²) in [4.78, 5) is 13.9. The highest BCUT2D eigenvalue weighted by Gasteiger charge is 2.43. The zero-order valence-electron chi connectivity index (χ0n) is 16.4. The van der Waals surface area contributed by atoms with Crippen LogP contribution in [0.3, 0.4) is 0 Å². The minimum Gasteiger partial charge on any atom is -0.468 e. The SMILES string of the molecule is COC(=O)[C@H](Sc1ccccc1)[C@@H](CC(C)C)[Si](C)(C)c1ccccc1. The zero-order chi connectivity index (χ0) is 19.2. The molecule has 0 aromatic heterocycles. The molecule has 0 N–H and O–H groups in total. The van der Waals surface area contributed by atoms with E-state index in [1.54, 1.807) is 11.8 Å². The molecule has 2 aromatic carbocycles. The van der Waals surface area contributed by atoms with Gasteiger partial charge in [-0.2, -0.15) is 0 Å². The van der Waals surface area contributed by atoms with Gasteiger partial charge in [-0.05, 0) is 30.0 Å². The summed E-state index contributed by atoms with van der Waals surface area (Å²) in [6.07, 6.45) is 1.02. The smallest absolute Gasteiger partial charge is 0.319 e. The maximum atomic E-state index is 12.8. The van der Waals surface area contributed by atoms with Gasteiger partial charge in [-0.3, -0.25) is 4.79 Å². The minimum atomic E-state index is -1.89. The van der Waals surface area contributed by atoms with Gasteiger partial charge in [-0.15, -0.1) is 11.8 Å². The van der Waals surface area contributed by atoms with Gasteiger partial charge in [0.15, 0.2) is 0 Å². The number of carbonyl (C=O) groups is 1. The number of methoxy groups -OCH3 is 1. The topological polar surface area (TPSA) is 26.3 Å². The molecule has 140 valence electrons. The van der Waals surface area contributed by atoms with E-state index in [4.69, 9.17) is 4.74 Å². The van der Waals surface area contributed by atoms with E-state index in [0.717, 1.165) is 11.3 Å². The molecule has 0 bridgehead atoms. The second kappa shape index (κ2) is 9.42. The van der Waals surface area contributed by atoms with E-state index < -0.39 is 8.07 Å². The Morgan fingerprint density at radius 3 is 2.04 bits per heavy atom. The fourth-order valence-corrected chi connectivity index (χ4v) is 9.18. The summed E-state index contributed by atoms with van der Waals surface area (Å²) < 4.78 is 5.24. The Bertz CT molecular complexity index is 686. The second-order valence-corrected chi connectivity index (χ2v) is 13.7. The molecule has 2 nitrogen and oxygen atoms in total. The van der Waals surface area contributed by atoms with Crippen molar-refractivity contribution in [3.8, 4) is 0 Å². The van der Waals surface area contributed by atoms with Crippen LogP contribution in [0.25, 0.3) is 0 Å². The van der Waals surface area contributed by atoms with Crippen LogP contribution >= 0.6 is 11.8 Å². The number of benzene rings is 2. The molecule has 0 amide bonds. The summed E-state index contributed by atoms with van der Waals surface area (Å²) in [5.41, 5.74) is 0.294. The molecule has 0 aliphatic carbocycles. The quantitative estimate of drug-likeness (QED) is 0.347. The predicted octanol–water partition coefficient (Wildman–Crippen LogP) is 5.35. The van der Waals surface area contributed by atoms with Crippen LogP contribution < -0.4 is 5.19 Å². The second-order valence-electron chi connectivity index (χ2n) is 7.70. The number of hydrogen-bond acceptors (Lipinski definition) is 3. The largest absolute Gasteiger partial charge is 0.468 e. The van der Waals surface area contributed by atoms with Gasteiger partial charge in [0.2, 0.25) is 0 Å². The highest BCUT2D eigenvalue weighted by atomic mass is 32.2. The van der Waals surface area contributed by atoms with Crippen molar-refractivity contribution in [2.24, 2.45) is 5.92 Å². The molecule has 4 heteroatoms.